The van der Waals surface area contributed by atoms with Gasteiger partial charge in [-0.3, -0.25) is 4.90 Å². The molecular weight excluding hydrogens is 220 g/mol. The van der Waals surface area contributed by atoms with Gasteiger partial charge < -0.3 is 5.73 Å². The highest BCUT2D eigenvalue weighted by Crippen LogP contribution is 2.21. The summed E-state index contributed by atoms with van der Waals surface area (Å²) in [6, 6.07) is 9.77. The van der Waals surface area contributed by atoms with Crippen LogP contribution in [0.1, 0.15) is 44.9 Å². The van der Waals surface area contributed by atoms with Crippen LogP contribution in [0, 0.1) is 5.92 Å². The first kappa shape index (κ1) is 15.2. The molecule has 1 atom stereocenters. The Hall–Kier alpha value is -0.860. The molecule has 102 valence electrons. The van der Waals surface area contributed by atoms with Gasteiger partial charge in [-0.15, -0.1) is 0 Å². The van der Waals surface area contributed by atoms with Crippen LogP contribution in [0.4, 0.5) is 0 Å². The molecule has 18 heavy (non-hydrogen) atoms. The van der Waals surface area contributed by atoms with Crippen LogP contribution in [0.25, 0.3) is 0 Å². The summed E-state index contributed by atoms with van der Waals surface area (Å²) < 4.78 is 0. The molecule has 0 spiro atoms. The first-order chi connectivity index (χ1) is 8.45. The normalized spacial score (nSPS) is 13.6. The van der Waals surface area contributed by atoms with Crippen LogP contribution in [-0.4, -0.2) is 24.5 Å². The lowest BCUT2D eigenvalue weighted by Crippen LogP contribution is -2.35. The molecule has 0 aliphatic rings. The Balaban J connectivity index is 2.81. The molecule has 0 fully saturated rings. The summed E-state index contributed by atoms with van der Waals surface area (Å²) in [6.07, 6.45) is 1.15. The lowest BCUT2D eigenvalue weighted by Gasteiger charge is -2.30. The topological polar surface area (TPSA) is 29.3 Å². The van der Waals surface area contributed by atoms with Gasteiger partial charge in [-0.1, -0.05) is 38.1 Å². The first-order valence-electron chi connectivity index (χ1n) is 6.96. The standard InChI is InChI=1S/C16H28N2/c1-12(2)10-14-6-8-15(9-7-14)16(11-17)18(5)13(3)4/h6-9,12-13,16H,10-11,17H2,1-5H3. The number of nitrogens with zero attached hydrogens (tertiary/aromatic N) is 1. The zero-order chi connectivity index (χ0) is 13.7. The Bertz CT molecular complexity index is 341. The van der Waals surface area contributed by atoms with Crippen molar-refractivity contribution in [3.63, 3.8) is 0 Å². The molecule has 0 saturated heterocycles. The maximum Gasteiger partial charge on any atom is 0.0470 e. The van der Waals surface area contributed by atoms with E-state index in [9.17, 15) is 0 Å². The minimum atomic E-state index is 0.318. The van der Waals surface area contributed by atoms with Gasteiger partial charge in [-0.2, -0.15) is 0 Å². The molecule has 0 aromatic heterocycles. The van der Waals surface area contributed by atoms with Crippen LogP contribution in [0.3, 0.4) is 0 Å². The van der Waals surface area contributed by atoms with Crippen molar-refractivity contribution in [3.8, 4) is 0 Å². The summed E-state index contributed by atoms with van der Waals surface area (Å²) in [7, 11) is 2.14. The van der Waals surface area contributed by atoms with Gasteiger partial charge >= 0.3 is 0 Å². The van der Waals surface area contributed by atoms with Gasteiger partial charge in [-0.25, -0.2) is 0 Å². The Kier molecular flexibility index (Phi) is 5.83. The van der Waals surface area contributed by atoms with Crippen molar-refractivity contribution in [3.05, 3.63) is 35.4 Å². The Morgan fingerprint density at radius 1 is 1.06 bits per heavy atom. The van der Waals surface area contributed by atoms with E-state index in [1.165, 1.54) is 11.1 Å². The van der Waals surface area contributed by atoms with Gasteiger partial charge in [0, 0.05) is 18.6 Å². The summed E-state index contributed by atoms with van der Waals surface area (Å²) in [5.74, 6) is 0.708. The van der Waals surface area contributed by atoms with Gasteiger partial charge in [0.25, 0.3) is 0 Å². The van der Waals surface area contributed by atoms with Crippen molar-refractivity contribution in [2.45, 2.75) is 46.2 Å². The number of hydrogen-bond donors (Lipinski definition) is 1. The molecule has 2 heteroatoms. The van der Waals surface area contributed by atoms with E-state index < -0.39 is 0 Å². The smallest absolute Gasteiger partial charge is 0.0470 e. The minimum Gasteiger partial charge on any atom is -0.329 e. The molecule has 0 radical (unpaired) electrons. The summed E-state index contributed by atoms with van der Waals surface area (Å²) in [4.78, 5) is 2.33. The molecule has 1 unspecified atom stereocenters. The van der Waals surface area contributed by atoms with Crippen molar-refractivity contribution < 1.29 is 0 Å². The fraction of sp³-hybridized carbons (Fsp3) is 0.625. The molecule has 2 N–H and O–H groups in total. The lowest BCUT2D eigenvalue weighted by molar-refractivity contribution is 0.201. The van der Waals surface area contributed by atoms with E-state index in [1.807, 2.05) is 0 Å². The Labute approximate surface area is 112 Å². The molecule has 0 aliphatic carbocycles. The quantitative estimate of drug-likeness (QED) is 0.837. The number of hydrogen-bond acceptors (Lipinski definition) is 2. The molecule has 1 rings (SSSR count). The third-order valence-electron chi connectivity index (χ3n) is 3.54. The Morgan fingerprint density at radius 2 is 1.61 bits per heavy atom. The SMILES string of the molecule is CC(C)Cc1ccc(C(CN)N(C)C(C)C)cc1. The van der Waals surface area contributed by atoms with Crippen LogP contribution >= 0.6 is 0 Å². The van der Waals surface area contributed by atoms with Crippen molar-refractivity contribution in [2.75, 3.05) is 13.6 Å². The minimum absolute atomic E-state index is 0.318. The van der Waals surface area contributed by atoms with Crippen molar-refractivity contribution in [2.24, 2.45) is 11.7 Å². The fourth-order valence-electron chi connectivity index (χ4n) is 2.24. The molecule has 0 bridgehead atoms. The summed E-state index contributed by atoms with van der Waals surface area (Å²) in [5, 5.41) is 0. The van der Waals surface area contributed by atoms with E-state index in [1.54, 1.807) is 0 Å². The fourth-order valence-corrected chi connectivity index (χ4v) is 2.24. The zero-order valence-electron chi connectivity index (χ0n) is 12.5. The van der Waals surface area contributed by atoms with E-state index in [0.29, 0.717) is 24.5 Å². The van der Waals surface area contributed by atoms with Gasteiger partial charge in [0.2, 0.25) is 0 Å². The van der Waals surface area contributed by atoms with Crippen molar-refractivity contribution in [1.82, 2.24) is 4.90 Å². The Morgan fingerprint density at radius 3 is 2.00 bits per heavy atom. The highest BCUT2D eigenvalue weighted by Gasteiger charge is 2.17. The third-order valence-corrected chi connectivity index (χ3v) is 3.54. The summed E-state index contributed by atoms with van der Waals surface area (Å²) >= 11 is 0. The van der Waals surface area contributed by atoms with E-state index in [2.05, 4.69) is 63.9 Å². The summed E-state index contributed by atoms with van der Waals surface area (Å²) in [6.45, 7) is 9.58. The number of nitrogens with two attached hydrogens (primary N) is 1. The number of likely N-dealkylation sites (N-methyl/N-ethyl adjacent to an activating group) is 1. The molecular formula is C16H28N2. The van der Waals surface area contributed by atoms with Gasteiger partial charge in [0.05, 0.1) is 0 Å². The average Bonchev–Trinajstić information content (AvgIpc) is 2.31. The lowest BCUT2D eigenvalue weighted by atomic mass is 9.98. The van der Waals surface area contributed by atoms with Crippen molar-refractivity contribution >= 4 is 0 Å². The predicted molar refractivity (Wildman–Crippen MR) is 79.7 cm³/mol. The molecule has 0 aliphatic heterocycles. The molecule has 2 nitrogen and oxygen atoms in total. The van der Waals surface area contributed by atoms with E-state index in [4.69, 9.17) is 5.73 Å². The maximum atomic E-state index is 5.92. The van der Waals surface area contributed by atoms with Gasteiger partial charge in [-0.05, 0) is 44.4 Å². The monoisotopic (exact) mass is 248 g/mol. The largest absolute Gasteiger partial charge is 0.329 e. The first-order valence-corrected chi connectivity index (χ1v) is 6.96. The highest BCUT2D eigenvalue weighted by molar-refractivity contribution is 5.25. The molecule has 0 amide bonds. The highest BCUT2D eigenvalue weighted by atomic mass is 15.2. The molecule has 0 saturated carbocycles. The maximum absolute atomic E-state index is 5.92. The third kappa shape index (κ3) is 4.11. The van der Waals surface area contributed by atoms with Crippen LogP contribution < -0.4 is 5.73 Å². The summed E-state index contributed by atoms with van der Waals surface area (Å²) in [5.41, 5.74) is 8.65. The van der Waals surface area contributed by atoms with Gasteiger partial charge in [0.15, 0.2) is 0 Å². The number of benzene rings is 1. The zero-order valence-corrected chi connectivity index (χ0v) is 12.5. The van der Waals surface area contributed by atoms with Crippen LogP contribution in [0.15, 0.2) is 24.3 Å². The van der Waals surface area contributed by atoms with Crippen LogP contribution in [0.5, 0.6) is 0 Å². The van der Waals surface area contributed by atoms with E-state index in [-0.39, 0.29) is 0 Å². The second-order valence-electron chi connectivity index (χ2n) is 5.85. The van der Waals surface area contributed by atoms with Crippen LogP contribution in [-0.2, 0) is 6.42 Å². The number of rotatable bonds is 6. The van der Waals surface area contributed by atoms with E-state index in [0.717, 1.165) is 6.42 Å². The molecule has 1 aromatic carbocycles. The van der Waals surface area contributed by atoms with Gasteiger partial charge in [0.1, 0.15) is 0 Å². The molecule has 0 heterocycles. The second-order valence-corrected chi connectivity index (χ2v) is 5.85. The van der Waals surface area contributed by atoms with Crippen LogP contribution in [0.2, 0.25) is 0 Å². The van der Waals surface area contributed by atoms with E-state index >= 15 is 0 Å². The predicted octanol–water partition coefficient (Wildman–Crippen LogP) is 3.23. The second kappa shape index (κ2) is 6.91. The average molecular weight is 248 g/mol. The van der Waals surface area contributed by atoms with Crippen molar-refractivity contribution in [1.29, 1.82) is 0 Å². The molecule has 1 aromatic rings.